The molecule has 0 radical (unpaired) electrons. The summed E-state index contributed by atoms with van der Waals surface area (Å²) >= 11 is 0. The minimum atomic E-state index is -3.16. The second kappa shape index (κ2) is 12.4. The fourth-order valence-electron chi connectivity index (χ4n) is 6.60. The van der Waals surface area contributed by atoms with E-state index in [1.165, 1.54) is 17.7 Å². The Labute approximate surface area is 249 Å². The maximum Gasteiger partial charge on any atom is 0.254 e. The highest BCUT2D eigenvalue weighted by Gasteiger charge is 2.33. The van der Waals surface area contributed by atoms with Crippen LogP contribution in [0.2, 0.25) is 0 Å². The maximum absolute atomic E-state index is 14.5. The monoisotopic (exact) mass is 597 g/mol. The molecule has 1 N–H and O–H groups in total. The molecule has 10 heteroatoms. The predicted molar refractivity (Wildman–Crippen MR) is 165 cm³/mol. The van der Waals surface area contributed by atoms with Crippen molar-refractivity contribution in [3.05, 3.63) is 59.4 Å². The number of fused-ring (bicyclic) bond motifs is 1. The van der Waals surface area contributed by atoms with Crippen molar-refractivity contribution in [3.63, 3.8) is 0 Å². The highest BCUT2D eigenvalue weighted by molar-refractivity contribution is 7.89. The zero-order valence-corrected chi connectivity index (χ0v) is 26.3. The summed E-state index contributed by atoms with van der Waals surface area (Å²) < 4.78 is 43.3. The van der Waals surface area contributed by atoms with Crippen molar-refractivity contribution in [2.24, 2.45) is 5.92 Å². The standard InChI is InChI=1S/C32H44FN5O3S/c1-6-37(21(3)4)32(39)30-15-26(33)10-13-28(30)29-14-24(20-38-22(5)34-16-31(29)38)25-18-36(19-25)17-23-8-11-27(12-9-23)35-42(40,41)7-2/h10,13-16,20-21,23,25,27,35H,6-9,11-12,17-19H2,1-5H3. The number of sulfonamides is 1. The number of nitrogens with zero attached hydrogens (tertiary/aromatic N) is 4. The van der Waals surface area contributed by atoms with Gasteiger partial charge in [-0.25, -0.2) is 22.5 Å². The molecule has 1 saturated carbocycles. The number of aromatic nitrogens is 2. The van der Waals surface area contributed by atoms with Gasteiger partial charge in [0.25, 0.3) is 5.91 Å². The molecule has 1 aliphatic heterocycles. The van der Waals surface area contributed by atoms with Gasteiger partial charge in [0.05, 0.1) is 23.0 Å². The van der Waals surface area contributed by atoms with Crippen LogP contribution in [0.1, 0.15) is 81.0 Å². The lowest BCUT2D eigenvalue weighted by Crippen LogP contribution is -2.48. The first-order valence-corrected chi connectivity index (χ1v) is 17.0. The van der Waals surface area contributed by atoms with Crippen LogP contribution < -0.4 is 4.72 Å². The van der Waals surface area contributed by atoms with E-state index in [4.69, 9.17) is 0 Å². The van der Waals surface area contributed by atoms with Crippen LogP contribution in [0.5, 0.6) is 0 Å². The molecule has 2 aromatic heterocycles. The first-order valence-electron chi connectivity index (χ1n) is 15.3. The average molecular weight is 598 g/mol. The van der Waals surface area contributed by atoms with E-state index < -0.39 is 15.8 Å². The highest BCUT2D eigenvalue weighted by atomic mass is 32.2. The van der Waals surface area contributed by atoms with Gasteiger partial charge in [-0.05, 0) is 95.5 Å². The lowest BCUT2D eigenvalue weighted by molar-refractivity contribution is 0.0717. The molecule has 1 aromatic carbocycles. The van der Waals surface area contributed by atoms with E-state index in [-0.39, 0.29) is 23.7 Å². The smallest absolute Gasteiger partial charge is 0.254 e. The summed E-state index contributed by atoms with van der Waals surface area (Å²) in [7, 11) is -3.16. The summed E-state index contributed by atoms with van der Waals surface area (Å²) in [4.78, 5) is 22.4. The van der Waals surface area contributed by atoms with E-state index in [0.717, 1.165) is 67.8 Å². The second-order valence-corrected chi connectivity index (χ2v) is 14.3. The van der Waals surface area contributed by atoms with Crippen molar-refractivity contribution in [1.82, 2.24) is 23.9 Å². The van der Waals surface area contributed by atoms with Crippen LogP contribution in [0.4, 0.5) is 4.39 Å². The van der Waals surface area contributed by atoms with Crippen LogP contribution in [-0.2, 0) is 10.0 Å². The van der Waals surface area contributed by atoms with E-state index in [1.807, 2.05) is 33.9 Å². The Hall–Kier alpha value is -2.82. The number of hydrogen-bond donors (Lipinski definition) is 1. The number of pyridine rings is 1. The molecule has 1 saturated heterocycles. The molecule has 8 nitrogen and oxygen atoms in total. The lowest BCUT2D eigenvalue weighted by atomic mass is 9.84. The van der Waals surface area contributed by atoms with Gasteiger partial charge in [0, 0.05) is 55.9 Å². The molecule has 42 heavy (non-hydrogen) atoms. The van der Waals surface area contributed by atoms with Gasteiger partial charge in [-0.2, -0.15) is 0 Å². The first-order chi connectivity index (χ1) is 20.0. The number of carbonyl (C=O) groups is 1. The Bertz CT molecular complexity index is 1540. The van der Waals surface area contributed by atoms with Crippen molar-refractivity contribution in [1.29, 1.82) is 0 Å². The van der Waals surface area contributed by atoms with Gasteiger partial charge in [0.1, 0.15) is 11.6 Å². The third-order valence-corrected chi connectivity index (χ3v) is 10.5. The average Bonchev–Trinajstić information content (AvgIpc) is 3.31. The number of imidazole rings is 1. The molecule has 2 fully saturated rings. The zero-order chi connectivity index (χ0) is 30.2. The molecule has 0 atom stereocenters. The Balaban J connectivity index is 1.34. The van der Waals surface area contributed by atoms with Crippen LogP contribution in [-0.4, -0.2) is 77.5 Å². The number of hydrogen-bond acceptors (Lipinski definition) is 5. The summed E-state index contributed by atoms with van der Waals surface area (Å²) in [6.45, 7) is 13.0. The SMILES string of the molecule is CCN(C(=O)c1cc(F)ccc1-c1cc(C2CN(CC3CCC(NS(=O)(=O)CC)CC3)C2)cn2c(C)ncc12)C(C)C. The number of nitrogens with one attached hydrogen (secondary N) is 1. The largest absolute Gasteiger partial charge is 0.336 e. The number of aryl methyl sites for hydroxylation is 1. The summed E-state index contributed by atoms with van der Waals surface area (Å²) in [5.41, 5.74) is 4.07. The number of amides is 1. The van der Waals surface area contributed by atoms with Gasteiger partial charge >= 0.3 is 0 Å². The molecule has 1 aliphatic carbocycles. The second-order valence-electron chi connectivity index (χ2n) is 12.3. The molecule has 5 rings (SSSR count). The fraction of sp³-hybridized carbons (Fsp3) is 0.562. The molecule has 0 unspecified atom stereocenters. The predicted octanol–water partition coefficient (Wildman–Crippen LogP) is 5.22. The van der Waals surface area contributed by atoms with Gasteiger partial charge in [-0.15, -0.1) is 0 Å². The normalized spacial score (nSPS) is 20.3. The van der Waals surface area contributed by atoms with E-state index in [0.29, 0.717) is 23.9 Å². The van der Waals surface area contributed by atoms with Crippen LogP contribution in [0.15, 0.2) is 36.7 Å². The minimum Gasteiger partial charge on any atom is -0.336 e. The summed E-state index contributed by atoms with van der Waals surface area (Å²) in [5.74, 6) is 1.33. The molecular weight excluding hydrogens is 553 g/mol. The van der Waals surface area contributed by atoms with E-state index in [2.05, 4.69) is 31.3 Å². The Morgan fingerprint density at radius 3 is 2.48 bits per heavy atom. The molecule has 0 bridgehead atoms. The number of carbonyl (C=O) groups excluding carboxylic acids is 1. The van der Waals surface area contributed by atoms with Crippen molar-refractivity contribution < 1.29 is 17.6 Å². The molecular formula is C32H44FN5O3S. The third-order valence-electron chi connectivity index (χ3n) is 9.09. The minimum absolute atomic E-state index is 0.00108. The van der Waals surface area contributed by atoms with Gasteiger partial charge < -0.3 is 14.2 Å². The zero-order valence-electron chi connectivity index (χ0n) is 25.4. The van der Waals surface area contributed by atoms with Crippen molar-refractivity contribution in [3.8, 4) is 11.1 Å². The topological polar surface area (TPSA) is 87.0 Å². The van der Waals surface area contributed by atoms with Crippen LogP contribution >= 0.6 is 0 Å². The Morgan fingerprint density at radius 2 is 1.83 bits per heavy atom. The van der Waals surface area contributed by atoms with Gasteiger partial charge in [-0.3, -0.25) is 4.79 Å². The van der Waals surface area contributed by atoms with Crippen LogP contribution in [0.25, 0.3) is 16.6 Å². The van der Waals surface area contributed by atoms with Crippen LogP contribution in [0, 0.1) is 18.7 Å². The highest BCUT2D eigenvalue weighted by Crippen LogP contribution is 2.36. The Morgan fingerprint density at radius 1 is 1.12 bits per heavy atom. The van der Waals surface area contributed by atoms with Crippen molar-refractivity contribution >= 4 is 21.4 Å². The van der Waals surface area contributed by atoms with E-state index in [9.17, 15) is 17.6 Å². The van der Waals surface area contributed by atoms with Gasteiger partial charge in [0.15, 0.2) is 0 Å². The third kappa shape index (κ3) is 6.40. The number of benzene rings is 1. The molecule has 0 spiro atoms. The van der Waals surface area contributed by atoms with Crippen LogP contribution in [0.3, 0.4) is 0 Å². The molecule has 1 amide bonds. The Kier molecular flexibility index (Phi) is 9.06. The van der Waals surface area contributed by atoms with E-state index >= 15 is 0 Å². The first kappa shape index (κ1) is 30.6. The fourth-order valence-corrected chi connectivity index (χ4v) is 7.51. The lowest BCUT2D eigenvalue weighted by Gasteiger charge is -2.42. The number of halogens is 1. The van der Waals surface area contributed by atoms with Gasteiger partial charge in [-0.1, -0.05) is 6.07 Å². The van der Waals surface area contributed by atoms with Gasteiger partial charge in [0.2, 0.25) is 10.0 Å². The summed E-state index contributed by atoms with van der Waals surface area (Å²) in [6.07, 6.45) is 7.85. The molecule has 228 valence electrons. The quantitative estimate of drug-likeness (QED) is 0.347. The molecule has 3 heterocycles. The summed E-state index contributed by atoms with van der Waals surface area (Å²) in [6, 6.07) is 6.74. The molecule has 3 aromatic rings. The molecule has 2 aliphatic rings. The number of likely N-dealkylation sites (tertiary alicyclic amines) is 1. The van der Waals surface area contributed by atoms with E-state index in [1.54, 1.807) is 17.9 Å². The van der Waals surface area contributed by atoms with Crippen molar-refractivity contribution in [2.45, 2.75) is 78.3 Å². The van der Waals surface area contributed by atoms with Crippen molar-refractivity contribution in [2.75, 3.05) is 31.9 Å². The maximum atomic E-state index is 14.5. The number of rotatable bonds is 10. The summed E-state index contributed by atoms with van der Waals surface area (Å²) in [5, 5.41) is 0.